The molecule has 4 heteroatoms. The van der Waals surface area contributed by atoms with Gasteiger partial charge in [-0.1, -0.05) is 30.3 Å². The van der Waals surface area contributed by atoms with Crippen molar-refractivity contribution in [3.8, 4) is 0 Å². The van der Waals surface area contributed by atoms with E-state index in [0.29, 0.717) is 6.54 Å². The fraction of sp³-hybridized carbons (Fsp3) is 0.400. The van der Waals surface area contributed by atoms with Gasteiger partial charge in [0, 0.05) is 37.9 Å². The Balaban J connectivity index is 2.06. The van der Waals surface area contributed by atoms with Crippen molar-refractivity contribution >= 4 is 0 Å². The van der Waals surface area contributed by atoms with Crippen LogP contribution in [-0.2, 0) is 20.1 Å². The van der Waals surface area contributed by atoms with Crippen molar-refractivity contribution in [3.63, 3.8) is 0 Å². The van der Waals surface area contributed by atoms with Crippen LogP contribution < -0.4 is 0 Å². The smallest absolute Gasteiger partial charge is 0.0558 e. The molecule has 2 aromatic rings. The zero-order valence-corrected chi connectivity index (χ0v) is 11.6. The number of hydrogen-bond acceptors (Lipinski definition) is 3. The summed E-state index contributed by atoms with van der Waals surface area (Å²) >= 11 is 0. The number of aromatic nitrogens is 2. The zero-order chi connectivity index (χ0) is 13.7. The van der Waals surface area contributed by atoms with E-state index in [-0.39, 0.29) is 6.61 Å². The minimum absolute atomic E-state index is 0.173. The highest BCUT2D eigenvalue weighted by atomic mass is 16.3. The minimum Gasteiger partial charge on any atom is -0.395 e. The molecular formula is C15H21N3O. The molecule has 0 aliphatic carbocycles. The van der Waals surface area contributed by atoms with Crippen molar-refractivity contribution < 1.29 is 5.11 Å². The Hall–Kier alpha value is -1.65. The van der Waals surface area contributed by atoms with E-state index in [0.717, 1.165) is 13.1 Å². The Morgan fingerprint density at radius 2 is 1.95 bits per heavy atom. The van der Waals surface area contributed by atoms with Gasteiger partial charge in [-0.05, 0) is 12.5 Å². The molecule has 0 saturated heterocycles. The van der Waals surface area contributed by atoms with Crippen LogP contribution in [0.5, 0.6) is 0 Å². The van der Waals surface area contributed by atoms with Gasteiger partial charge in [0.2, 0.25) is 0 Å². The van der Waals surface area contributed by atoms with Crippen LogP contribution in [0.2, 0.25) is 0 Å². The average molecular weight is 259 g/mol. The molecule has 1 aromatic heterocycles. The lowest BCUT2D eigenvalue weighted by atomic mass is 10.2. The van der Waals surface area contributed by atoms with E-state index < -0.39 is 0 Å². The maximum Gasteiger partial charge on any atom is 0.0558 e. The normalized spacial score (nSPS) is 11.2. The number of aliphatic hydroxyl groups is 1. The Kier molecular flexibility index (Phi) is 4.71. The molecule has 0 spiro atoms. The summed E-state index contributed by atoms with van der Waals surface area (Å²) in [6, 6.07) is 10.3. The van der Waals surface area contributed by atoms with Crippen molar-refractivity contribution in [3.05, 3.63) is 53.3 Å². The Morgan fingerprint density at radius 3 is 2.53 bits per heavy atom. The summed E-state index contributed by atoms with van der Waals surface area (Å²) in [5, 5.41) is 13.5. The van der Waals surface area contributed by atoms with Gasteiger partial charge >= 0.3 is 0 Å². The summed E-state index contributed by atoms with van der Waals surface area (Å²) < 4.78 is 1.88. The van der Waals surface area contributed by atoms with E-state index in [1.165, 1.54) is 16.8 Å². The van der Waals surface area contributed by atoms with Gasteiger partial charge in [-0.15, -0.1) is 0 Å². The van der Waals surface area contributed by atoms with Crippen LogP contribution in [0, 0.1) is 6.92 Å². The third kappa shape index (κ3) is 3.66. The van der Waals surface area contributed by atoms with Crippen molar-refractivity contribution in [2.24, 2.45) is 7.05 Å². The molecular weight excluding hydrogens is 238 g/mol. The van der Waals surface area contributed by atoms with Gasteiger partial charge in [-0.25, -0.2) is 0 Å². The van der Waals surface area contributed by atoms with Crippen LogP contribution >= 0.6 is 0 Å². The highest BCUT2D eigenvalue weighted by molar-refractivity contribution is 5.17. The fourth-order valence-corrected chi connectivity index (χ4v) is 2.14. The van der Waals surface area contributed by atoms with E-state index in [1.807, 2.05) is 36.1 Å². The molecule has 0 atom stereocenters. The van der Waals surface area contributed by atoms with Crippen LogP contribution in [0.25, 0.3) is 0 Å². The Labute approximate surface area is 114 Å². The van der Waals surface area contributed by atoms with Crippen LogP contribution in [-0.4, -0.2) is 32.9 Å². The quantitative estimate of drug-likeness (QED) is 0.859. The highest BCUT2D eigenvalue weighted by Crippen LogP contribution is 2.12. The lowest BCUT2D eigenvalue weighted by Gasteiger charge is -2.21. The molecule has 4 nitrogen and oxygen atoms in total. The summed E-state index contributed by atoms with van der Waals surface area (Å²) in [4.78, 5) is 2.24. The van der Waals surface area contributed by atoms with Crippen molar-refractivity contribution in [1.29, 1.82) is 0 Å². The number of rotatable bonds is 6. The first-order valence-corrected chi connectivity index (χ1v) is 6.55. The van der Waals surface area contributed by atoms with Crippen molar-refractivity contribution in [2.45, 2.75) is 20.0 Å². The Morgan fingerprint density at radius 1 is 1.21 bits per heavy atom. The maximum absolute atomic E-state index is 9.20. The van der Waals surface area contributed by atoms with E-state index in [1.54, 1.807) is 0 Å². The van der Waals surface area contributed by atoms with Gasteiger partial charge < -0.3 is 5.11 Å². The molecule has 0 radical (unpaired) electrons. The molecule has 102 valence electrons. The van der Waals surface area contributed by atoms with Gasteiger partial charge in [-0.2, -0.15) is 5.10 Å². The van der Waals surface area contributed by atoms with Crippen LogP contribution in [0.1, 0.15) is 16.8 Å². The summed E-state index contributed by atoms with van der Waals surface area (Å²) in [5.74, 6) is 0. The second-order valence-corrected chi connectivity index (χ2v) is 4.80. The predicted octanol–water partition coefficient (Wildman–Crippen LogP) is 1.72. The first-order chi connectivity index (χ1) is 9.20. The first kappa shape index (κ1) is 13.8. The molecule has 0 fully saturated rings. The van der Waals surface area contributed by atoms with Gasteiger partial charge in [-0.3, -0.25) is 9.58 Å². The summed E-state index contributed by atoms with van der Waals surface area (Å²) in [6.07, 6.45) is 1.91. The summed E-state index contributed by atoms with van der Waals surface area (Å²) in [5.41, 5.74) is 3.65. The second kappa shape index (κ2) is 6.50. The number of aliphatic hydroxyl groups excluding tert-OH is 1. The third-order valence-electron chi connectivity index (χ3n) is 3.40. The topological polar surface area (TPSA) is 41.3 Å². The monoisotopic (exact) mass is 259 g/mol. The molecule has 0 bridgehead atoms. The zero-order valence-electron chi connectivity index (χ0n) is 11.6. The van der Waals surface area contributed by atoms with Gasteiger partial charge in [0.25, 0.3) is 0 Å². The molecule has 0 saturated carbocycles. The SMILES string of the molecule is Cc1c(CN(CCO)Cc2ccccc2)cnn1C. The molecule has 0 unspecified atom stereocenters. The molecule has 0 aliphatic heterocycles. The molecule has 2 rings (SSSR count). The number of hydrogen-bond donors (Lipinski definition) is 1. The van der Waals surface area contributed by atoms with Gasteiger partial charge in [0.15, 0.2) is 0 Å². The fourth-order valence-electron chi connectivity index (χ4n) is 2.14. The standard InChI is InChI=1S/C15H21N3O/c1-13-15(10-16-17(13)2)12-18(8-9-19)11-14-6-4-3-5-7-14/h3-7,10,19H,8-9,11-12H2,1-2H3. The van der Waals surface area contributed by atoms with Crippen LogP contribution in [0.4, 0.5) is 0 Å². The lowest BCUT2D eigenvalue weighted by Crippen LogP contribution is -2.26. The van der Waals surface area contributed by atoms with Gasteiger partial charge in [0.1, 0.15) is 0 Å². The van der Waals surface area contributed by atoms with Gasteiger partial charge in [0.05, 0.1) is 12.8 Å². The van der Waals surface area contributed by atoms with Crippen molar-refractivity contribution in [1.82, 2.24) is 14.7 Å². The molecule has 1 N–H and O–H groups in total. The lowest BCUT2D eigenvalue weighted by molar-refractivity contribution is 0.184. The molecule has 1 heterocycles. The predicted molar refractivity (Wildman–Crippen MR) is 75.6 cm³/mol. The van der Waals surface area contributed by atoms with E-state index in [2.05, 4.69) is 29.1 Å². The van der Waals surface area contributed by atoms with Crippen LogP contribution in [0.3, 0.4) is 0 Å². The van der Waals surface area contributed by atoms with Crippen molar-refractivity contribution in [2.75, 3.05) is 13.2 Å². The first-order valence-electron chi connectivity index (χ1n) is 6.55. The van der Waals surface area contributed by atoms with Crippen LogP contribution in [0.15, 0.2) is 36.5 Å². The minimum atomic E-state index is 0.173. The molecule has 19 heavy (non-hydrogen) atoms. The number of aryl methyl sites for hydroxylation is 1. The second-order valence-electron chi connectivity index (χ2n) is 4.80. The van der Waals surface area contributed by atoms with E-state index in [9.17, 15) is 5.11 Å². The molecule has 0 aliphatic rings. The van der Waals surface area contributed by atoms with E-state index >= 15 is 0 Å². The third-order valence-corrected chi connectivity index (χ3v) is 3.40. The molecule has 0 amide bonds. The average Bonchev–Trinajstić information content (AvgIpc) is 2.72. The maximum atomic E-state index is 9.20. The number of nitrogens with zero attached hydrogens (tertiary/aromatic N) is 3. The van der Waals surface area contributed by atoms with E-state index in [4.69, 9.17) is 0 Å². The highest BCUT2D eigenvalue weighted by Gasteiger charge is 2.10. The number of benzene rings is 1. The summed E-state index contributed by atoms with van der Waals surface area (Å²) in [6.45, 7) is 4.57. The Bertz CT molecular complexity index is 507. The largest absolute Gasteiger partial charge is 0.395 e. The summed E-state index contributed by atoms with van der Waals surface area (Å²) in [7, 11) is 1.95. The molecule has 1 aromatic carbocycles.